The van der Waals surface area contributed by atoms with Gasteiger partial charge in [0.25, 0.3) is 5.69 Å². The van der Waals surface area contributed by atoms with Gasteiger partial charge in [-0.1, -0.05) is 23.8 Å². The number of nitrogens with zero attached hydrogens (tertiary/aromatic N) is 5. The predicted molar refractivity (Wildman–Crippen MR) is 128 cm³/mol. The summed E-state index contributed by atoms with van der Waals surface area (Å²) >= 11 is 0. The molecule has 5 aromatic rings. The summed E-state index contributed by atoms with van der Waals surface area (Å²) in [5, 5.41) is 32.2. The molecule has 2 aromatic carbocycles. The van der Waals surface area contributed by atoms with Crippen LogP contribution in [0, 0.1) is 16.0 Å². The lowest BCUT2D eigenvalue weighted by Gasteiger charge is -2.25. The van der Waals surface area contributed by atoms with E-state index in [9.17, 15) is 10.1 Å². The molecule has 3 heterocycles. The van der Waals surface area contributed by atoms with Crippen molar-refractivity contribution in [2.45, 2.75) is 32.4 Å². The molecule has 0 unspecified atom stereocenters. The van der Waals surface area contributed by atoms with E-state index in [1.54, 1.807) is 17.1 Å². The summed E-state index contributed by atoms with van der Waals surface area (Å²) in [6, 6.07) is 11.5. The lowest BCUT2D eigenvalue weighted by atomic mass is 9.85. The smallest absolute Gasteiger partial charge is 0.272 e. The Morgan fingerprint density at radius 3 is 2.91 bits per heavy atom. The van der Waals surface area contributed by atoms with E-state index >= 15 is 0 Å². The Balaban J connectivity index is 1.20. The van der Waals surface area contributed by atoms with Crippen LogP contribution in [0.2, 0.25) is 0 Å². The van der Waals surface area contributed by atoms with Crippen molar-refractivity contribution in [3.05, 3.63) is 70.2 Å². The van der Waals surface area contributed by atoms with Gasteiger partial charge in [-0.05, 0) is 48.4 Å². The Morgan fingerprint density at radius 2 is 2.09 bits per heavy atom. The molecule has 6 rings (SSSR count). The number of aromatic amines is 2. The SMILES string of the molecule is O=[N+]([O-])c1cc(-c2cn(Cc3ccc4cc(CNCC5CCC5)[nH]c4c3)nn2)c2cn[nH]c2c1. The largest absolute Gasteiger partial charge is 0.357 e. The maximum absolute atomic E-state index is 11.3. The first-order valence-electron chi connectivity index (χ1n) is 11.5. The molecule has 0 saturated heterocycles. The van der Waals surface area contributed by atoms with Crippen LogP contribution < -0.4 is 5.32 Å². The first kappa shape index (κ1) is 20.5. The van der Waals surface area contributed by atoms with Gasteiger partial charge in [-0.3, -0.25) is 15.2 Å². The molecular weight excluding hydrogens is 432 g/mol. The van der Waals surface area contributed by atoms with Gasteiger partial charge in [-0.25, -0.2) is 4.68 Å². The molecule has 10 nitrogen and oxygen atoms in total. The normalized spacial score (nSPS) is 14.1. The van der Waals surface area contributed by atoms with E-state index in [1.165, 1.54) is 42.5 Å². The quantitative estimate of drug-likeness (QED) is 0.237. The van der Waals surface area contributed by atoms with Crippen molar-refractivity contribution in [2.75, 3.05) is 6.54 Å². The predicted octanol–water partition coefficient (Wildman–Crippen LogP) is 4.15. The number of fused-ring (bicyclic) bond motifs is 2. The van der Waals surface area contributed by atoms with E-state index in [2.05, 4.69) is 55.1 Å². The van der Waals surface area contributed by atoms with Gasteiger partial charge in [-0.15, -0.1) is 5.10 Å². The van der Waals surface area contributed by atoms with E-state index < -0.39 is 4.92 Å². The molecule has 3 aromatic heterocycles. The zero-order chi connectivity index (χ0) is 23.1. The fourth-order valence-electron chi connectivity index (χ4n) is 4.58. The number of rotatable bonds is 8. The highest BCUT2D eigenvalue weighted by molar-refractivity contribution is 5.95. The van der Waals surface area contributed by atoms with Crippen LogP contribution in [0.25, 0.3) is 33.1 Å². The van der Waals surface area contributed by atoms with Crippen LogP contribution in [-0.4, -0.2) is 41.6 Å². The number of hydrogen-bond donors (Lipinski definition) is 3. The van der Waals surface area contributed by atoms with Gasteiger partial charge in [0.15, 0.2) is 0 Å². The Kier molecular flexibility index (Phi) is 5.06. The maximum Gasteiger partial charge on any atom is 0.272 e. The van der Waals surface area contributed by atoms with E-state index in [0.717, 1.165) is 35.5 Å². The van der Waals surface area contributed by atoms with Crippen LogP contribution in [0.4, 0.5) is 5.69 Å². The van der Waals surface area contributed by atoms with Crippen LogP contribution in [0.15, 0.2) is 48.8 Å². The first-order chi connectivity index (χ1) is 16.6. The van der Waals surface area contributed by atoms with Crippen molar-refractivity contribution in [1.82, 2.24) is 35.5 Å². The summed E-state index contributed by atoms with van der Waals surface area (Å²) in [4.78, 5) is 14.4. The molecule has 0 bridgehead atoms. The molecular formula is C24H24N8O2. The minimum Gasteiger partial charge on any atom is -0.357 e. The summed E-state index contributed by atoms with van der Waals surface area (Å²) < 4.78 is 1.74. The lowest BCUT2D eigenvalue weighted by Crippen LogP contribution is -2.26. The van der Waals surface area contributed by atoms with E-state index in [-0.39, 0.29) is 5.69 Å². The average molecular weight is 457 g/mol. The zero-order valence-corrected chi connectivity index (χ0v) is 18.5. The minimum absolute atomic E-state index is 0.0172. The van der Waals surface area contributed by atoms with Gasteiger partial charge < -0.3 is 10.3 Å². The third kappa shape index (κ3) is 3.92. The van der Waals surface area contributed by atoms with Crippen molar-refractivity contribution in [3.8, 4) is 11.3 Å². The van der Waals surface area contributed by atoms with E-state index in [4.69, 9.17) is 0 Å². The number of benzene rings is 2. The number of nitro benzene ring substituents is 1. The molecule has 1 saturated carbocycles. The molecule has 0 radical (unpaired) electrons. The number of aromatic nitrogens is 6. The van der Waals surface area contributed by atoms with E-state index in [1.807, 2.05) is 0 Å². The minimum atomic E-state index is -0.420. The van der Waals surface area contributed by atoms with Crippen LogP contribution in [-0.2, 0) is 13.1 Å². The Morgan fingerprint density at radius 1 is 1.18 bits per heavy atom. The number of nitro groups is 1. The second kappa shape index (κ2) is 8.38. The van der Waals surface area contributed by atoms with Crippen LogP contribution in [0.3, 0.4) is 0 Å². The zero-order valence-electron chi connectivity index (χ0n) is 18.5. The first-order valence-corrected chi connectivity index (χ1v) is 11.5. The fourth-order valence-corrected chi connectivity index (χ4v) is 4.58. The average Bonchev–Trinajstić information content (AvgIpc) is 3.53. The highest BCUT2D eigenvalue weighted by Gasteiger charge is 2.17. The Hall–Kier alpha value is -4.05. The van der Waals surface area contributed by atoms with Gasteiger partial charge in [-0.2, -0.15) is 5.10 Å². The van der Waals surface area contributed by atoms with Crippen molar-refractivity contribution < 1.29 is 4.92 Å². The molecule has 1 aliphatic rings. The van der Waals surface area contributed by atoms with Crippen molar-refractivity contribution in [1.29, 1.82) is 0 Å². The second-order valence-corrected chi connectivity index (χ2v) is 9.03. The number of non-ortho nitro benzene ring substituents is 1. The molecule has 34 heavy (non-hydrogen) atoms. The van der Waals surface area contributed by atoms with E-state index in [0.29, 0.717) is 23.3 Å². The fraction of sp³-hybridized carbons (Fsp3) is 0.292. The number of hydrogen-bond acceptors (Lipinski definition) is 6. The maximum atomic E-state index is 11.3. The molecule has 0 amide bonds. The standard InChI is InChI=1S/C24H24N8O2/c33-32(34)19-8-20(21-12-26-28-23(21)9-19)24-14-31(30-29-24)13-16-4-5-17-7-18(27-22(17)6-16)11-25-10-15-2-1-3-15/h4-9,12,14-15,25,27H,1-3,10-11,13H2,(H,26,28). The molecule has 0 aliphatic heterocycles. The van der Waals surface area contributed by atoms with Gasteiger partial charge in [0.05, 0.1) is 29.4 Å². The molecule has 0 atom stereocenters. The number of H-pyrrole nitrogens is 2. The van der Waals surface area contributed by atoms with Gasteiger partial charge in [0, 0.05) is 40.8 Å². The van der Waals surface area contributed by atoms with Crippen molar-refractivity contribution in [2.24, 2.45) is 5.92 Å². The lowest BCUT2D eigenvalue weighted by molar-refractivity contribution is -0.384. The third-order valence-electron chi connectivity index (χ3n) is 6.63. The highest BCUT2D eigenvalue weighted by atomic mass is 16.6. The third-order valence-corrected chi connectivity index (χ3v) is 6.63. The summed E-state index contributed by atoms with van der Waals surface area (Å²) in [5.41, 5.74) is 5.14. The van der Waals surface area contributed by atoms with Crippen molar-refractivity contribution >= 4 is 27.5 Å². The van der Waals surface area contributed by atoms with Crippen LogP contribution >= 0.6 is 0 Å². The monoisotopic (exact) mass is 456 g/mol. The van der Waals surface area contributed by atoms with Gasteiger partial charge >= 0.3 is 0 Å². The second-order valence-electron chi connectivity index (χ2n) is 9.03. The topological polar surface area (TPSA) is 130 Å². The summed E-state index contributed by atoms with van der Waals surface area (Å²) in [5.74, 6) is 0.843. The van der Waals surface area contributed by atoms with Crippen molar-refractivity contribution in [3.63, 3.8) is 0 Å². The molecule has 10 heteroatoms. The molecule has 1 fully saturated rings. The highest BCUT2D eigenvalue weighted by Crippen LogP contribution is 2.31. The van der Waals surface area contributed by atoms with Gasteiger partial charge in [0.1, 0.15) is 5.69 Å². The molecule has 3 N–H and O–H groups in total. The molecule has 0 spiro atoms. The summed E-state index contributed by atoms with van der Waals surface area (Å²) in [6.45, 7) is 2.48. The summed E-state index contributed by atoms with van der Waals surface area (Å²) in [6.07, 6.45) is 7.52. The molecule has 1 aliphatic carbocycles. The van der Waals surface area contributed by atoms with Crippen LogP contribution in [0.5, 0.6) is 0 Å². The van der Waals surface area contributed by atoms with Gasteiger partial charge in [0.2, 0.25) is 0 Å². The Labute approximate surface area is 194 Å². The molecule has 172 valence electrons. The Bertz CT molecular complexity index is 1490. The number of nitrogens with one attached hydrogen (secondary N) is 3. The summed E-state index contributed by atoms with van der Waals surface area (Å²) in [7, 11) is 0. The van der Waals surface area contributed by atoms with Crippen LogP contribution in [0.1, 0.15) is 30.5 Å².